The van der Waals surface area contributed by atoms with Gasteiger partial charge in [0.15, 0.2) is 0 Å². The lowest BCUT2D eigenvalue weighted by molar-refractivity contribution is -0.169. The second-order valence-electron chi connectivity index (χ2n) is 9.59. The molecule has 0 radical (unpaired) electrons. The number of aliphatic carboxylic acids is 1. The third-order valence-corrected chi connectivity index (χ3v) is 6.77. The van der Waals surface area contributed by atoms with Crippen LogP contribution in [-0.4, -0.2) is 36.2 Å². The first-order valence-electron chi connectivity index (χ1n) is 13.6. The molecule has 1 N–H and O–H groups in total. The molecule has 1 fully saturated rings. The van der Waals surface area contributed by atoms with E-state index in [1.54, 1.807) is 0 Å². The number of esters is 2. The molecule has 33 heavy (non-hydrogen) atoms. The fourth-order valence-corrected chi connectivity index (χ4v) is 4.75. The normalized spacial score (nSPS) is 20.4. The van der Waals surface area contributed by atoms with E-state index in [0.29, 0.717) is 32.5 Å². The molecule has 0 amide bonds. The molecule has 1 saturated carbocycles. The van der Waals surface area contributed by atoms with Crippen molar-refractivity contribution in [2.45, 2.75) is 123 Å². The van der Waals surface area contributed by atoms with Crippen LogP contribution in [-0.2, 0) is 23.9 Å². The SMILES string of the molecule is CCCCCCCCCOC(=O)C1CCCC(C(=O)OCCCCCCCCC)C1C(=O)O. The molecular weight excluding hydrogens is 420 g/mol. The molecule has 1 rings (SSSR count). The van der Waals surface area contributed by atoms with Gasteiger partial charge in [0.1, 0.15) is 0 Å². The highest BCUT2D eigenvalue weighted by atomic mass is 16.5. The predicted molar refractivity (Wildman–Crippen MR) is 130 cm³/mol. The highest BCUT2D eigenvalue weighted by Gasteiger charge is 2.46. The minimum atomic E-state index is -1.11. The van der Waals surface area contributed by atoms with Gasteiger partial charge in [-0.15, -0.1) is 0 Å². The summed E-state index contributed by atoms with van der Waals surface area (Å²) in [5.74, 6) is -4.64. The first-order chi connectivity index (χ1) is 16.0. The summed E-state index contributed by atoms with van der Waals surface area (Å²) in [5.41, 5.74) is 0. The highest BCUT2D eigenvalue weighted by molar-refractivity contribution is 5.86. The van der Waals surface area contributed by atoms with Gasteiger partial charge in [0, 0.05) is 0 Å². The quantitative estimate of drug-likeness (QED) is 0.168. The van der Waals surface area contributed by atoms with Gasteiger partial charge >= 0.3 is 17.9 Å². The van der Waals surface area contributed by atoms with Crippen LogP contribution >= 0.6 is 0 Å². The van der Waals surface area contributed by atoms with Crippen molar-refractivity contribution < 1.29 is 29.0 Å². The number of carboxylic acids is 1. The molecule has 1 aliphatic rings. The van der Waals surface area contributed by atoms with Crippen molar-refractivity contribution in [1.29, 1.82) is 0 Å². The lowest BCUT2D eigenvalue weighted by atomic mass is 9.72. The van der Waals surface area contributed by atoms with E-state index < -0.39 is 35.7 Å². The Morgan fingerprint density at radius 2 is 1.00 bits per heavy atom. The molecule has 192 valence electrons. The summed E-state index contributed by atoms with van der Waals surface area (Å²) >= 11 is 0. The predicted octanol–water partition coefficient (Wildman–Crippen LogP) is 6.69. The molecule has 2 unspecified atom stereocenters. The van der Waals surface area contributed by atoms with E-state index in [9.17, 15) is 19.5 Å². The Kier molecular flexibility index (Phi) is 16.8. The van der Waals surface area contributed by atoms with Crippen LogP contribution in [0.3, 0.4) is 0 Å². The van der Waals surface area contributed by atoms with Crippen LogP contribution in [0.2, 0.25) is 0 Å². The number of hydrogen-bond acceptors (Lipinski definition) is 5. The maximum atomic E-state index is 12.6. The van der Waals surface area contributed by atoms with Gasteiger partial charge in [-0.3, -0.25) is 14.4 Å². The van der Waals surface area contributed by atoms with Gasteiger partial charge in [-0.25, -0.2) is 0 Å². The number of hydrogen-bond donors (Lipinski definition) is 1. The van der Waals surface area contributed by atoms with Crippen molar-refractivity contribution in [3.8, 4) is 0 Å². The largest absolute Gasteiger partial charge is 0.481 e. The molecule has 0 aromatic rings. The van der Waals surface area contributed by atoms with Crippen LogP contribution in [0.4, 0.5) is 0 Å². The second kappa shape index (κ2) is 18.8. The molecule has 6 nitrogen and oxygen atoms in total. The van der Waals surface area contributed by atoms with Crippen LogP contribution in [0, 0.1) is 17.8 Å². The number of carbonyl (C=O) groups excluding carboxylic acids is 2. The smallest absolute Gasteiger partial charge is 0.309 e. The van der Waals surface area contributed by atoms with Gasteiger partial charge in [-0.05, 0) is 25.7 Å². The lowest BCUT2D eigenvalue weighted by Gasteiger charge is -2.32. The van der Waals surface area contributed by atoms with Gasteiger partial charge in [-0.1, -0.05) is 97.3 Å². The van der Waals surface area contributed by atoms with E-state index in [2.05, 4.69) is 13.8 Å². The van der Waals surface area contributed by atoms with Gasteiger partial charge in [0.2, 0.25) is 0 Å². The zero-order valence-corrected chi connectivity index (χ0v) is 21.2. The molecular formula is C27H48O6. The zero-order chi connectivity index (χ0) is 24.3. The number of carboxylic acid groups (broad SMARTS) is 1. The molecule has 1 aliphatic carbocycles. The summed E-state index contributed by atoms with van der Waals surface area (Å²) in [6, 6.07) is 0. The van der Waals surface area contributed by atoms with Gasteiger partial charge in [-0.2, -0.15) is 0 Å². The molecule has 0 aliphatic heterocycles. The van der Waals surface area contributed by atoms with Crippen LogP contribution in [0.1, 0.15) is 123 Å². The summed E-state index contributed by atoms with van der Waals surface area (Å²) in [4.78, 5) is 37.2. The number of rotatable bonds is 19. The van der Waals surface area contributed by atoms with Crippen LogP contribution < -0.4 is 0 Å². The van der Waals surface area contributed by atoms with E-state index in [1.807, 2.05) is 0 Å². The van der Waals surface area contributed by atoms with E-state index in [0.717, 1.165) is 38.5 Å². The summed E-state index contributed by atoms with van der Waals surface area (Å²) in [6.45, 7) is 5.03. The summed E-state index contributed by atoms with van der Waals surface area (Å²) in [7, 11) is 0. The number of unbranched alkanes of at least 4 members (excludes halogenated alkanes) is 12. The Hall–Kier alpha value is -1.59. The van der Waals surface area contributed by atoms with Crippen LogP contribution in [0.15, 0.2) is 0 Å². The van der Waals surface area contributed by atoms with Crippen molar-refractivity contribution in [2.75, 3.05) is 13.2 Å². The number of carbonyl (C=O) groups is 3. The van der Waals surface area contributed by atoms with Crippen molar-refractivity contribution in [3.63, 3.8) is 0 Å². The van der Waals surface area contributed by atoms with Crippen molar-refractivity contribution in [1.82, 2.24) is 0 Å². The molecule has 0 aromatic carbocycles. The van der Waals surface area contributed by atoms with E-state index in [4.69, 9.17) is 9.47 Å². The summed E-state index contributed by atoms with van der Waals surface area (Å²) < 4.78 is 10.8. The highest BCUT2D eigenvalue weighted by Crippen LogP contribution is 2.37. The van der Waals surface area contributed by atoms with E-state index in [1.165, 1.54) is 51.4 Å². The Morgan fingerprint density at radius 1 is 0.636 bits per heavy atom. The average molecular weight is 469 g/mol. The summed E-state index contributed by atoms with van der Waals surface area (Å²) in [6.07, 6.45) is 17.3. The Balaban J connectivity index is 2.38. The van der Waals surface area contributed by atoms with Gasteiger partial charge in [0.25, 0.3) is 0 Å². The standard InChI is InChI=1S/C27H48O6/c1-3-5-7-9-11-13-15-20-32-26(30)22-18-17-19-23(24(22)25(28)29)27(31)33-21-16-14-12-10-8-6-4-2/h22-24H,3-21H2,1-2H3,(H,28,29). The molecule has 0 saturated heterocycles. The fraction of sp³-hybridized carbons (Fsp3) is 0.889. The van der Waals surface area contributed by atoms with Crippen molar-refractivity contribution >= 4 is 17.9 Å². The van der Waals surface area contributed by atoms with Crippen molar-refractivity contribution in [3.05, 3.63) is 0 Å². The van der Waals surface area contributed by atoms with Crippen LogP contribution in [0.5, 0.6) is 0 Å². The Bertz CT molecular complexity index is 507. The summed E-state index contributed by atoms with van der Waals surface area (Å²) in [5, 5.41) is 9.79. The first-order valence-corrected chi connectivity index (χ1v) is 13.6. The molecule has 0 aromatic heterocycles. The number of ether oxygens (including phenoxy) is 2. The lowest BCUT2D eigenvalue weighted by Crippen LogP contribution is -2.43. The minimum absolute atomic E-state index is 0.322. The van der Waals surface area contributed by atoms with E-state index >= 15 is 0 Å². The Labute approximate surface area is 201 Å². The van der Waals surface area contributed by atoms with Crippen molar-refractivity contribution in [2.24, 2.45) is 17.8 Å². The maximum Gasteiger partial charge on any atom is 0.309 e. The minimum Gasteiger partial charge on any atom is -0.481 e. The molecule has 2 atom stereocenters. The van der Waals surface area contributed by atoms with Crippen LogP contribution in [0.25, 0.3) is 0 Å². The Morgan fingerprint density at radius 3 is 1.36 bits per heavy atom. The van der Waals surface area contributed by atoms with Gasteiger partial charge in [0.05, 0.1) is 31.0 Å². The first kappa shape index (κ1) is 29.4. The topological polar surface area (TPSA) is 89.9 Å². The zero-order valence-electron chi connectivity index (χ0n) is 21.2. The fourth-order valence-electron chi connectivity index (χ4n) is 4.75. The third-order valence-electron chi connectivity index (χ3n) is 6.77. The molecule has 6 heteroatoms. The molecule has 0 spiro atoms. The maximum absolute atomic E-state index is 12.6. The van der Waals surface area contributed by atoms with Gasteiger partial charge < -0.3 is 14.6 Å². The average Bonchev–Trinajstić information content (AvgIpc) is 2.81. The second-order valence-corrected chi connectivity index (χ2v) is 9.59. The van der Waals surface area contributed by atoms with E-state index in [-0.39, 0.29) is 0 Å². The molecule has 0 bridgehead atoms. The monoisotopic (exact) mass is 468 g/mol. The third kappa shape index (κ3) is 12.4. The molecule has 0 heterocycles.